The average molecular weight is 234 g/mol. The van der Waals surface area contributed by atoms with E-state index in [0.717, 1.165) is 11.5 Å². The summed E-state index contributed by atoms with van der Waals surface area (Å²) in [6, 6.07) is 3.75. The van der Waals surface area contributed by atoms with E-state index >= 15 is 0 Å². The Kier molecular flexibility index (Phi) is 4.37. The van der Waals surface area contributed by atoms with E-state index in [-0.39, 0.29) is 0 Å². The van der Waals surface area contributed by atoms with Crippen LogP contribution in [0.2, 0.25) is 18.1 Å². The molecule has 3 heteroatoms. The van der Waals surface area contributed by atoms with Gasteiger partial charge < -0.3 is 4.57 Å². The molecule has 0 radical (unpaired) electrons. The summed E-state index contributed by atoms with van der Waals surface area (Å²) in [4.78, 5) is 4.43. The average Bonchev–Trinajstić information content (AvgIpc) is 2.61. The fraction of sp³-hybridized carbons (Fsp3) is 0.615. The minimum atomic E-state index is -1.32. The molecule has 0 saturated carbocycles. The lowest BCUT2D eigenvalue weighted by Crippen LogP contribution is -2.29. The number of aromatic nitrogens is 2. The Morgan fingerprint density at radius 2 is 1.81 bits per heavy atom. The molecule has 88 valence electrons. The Morgan fingerprint density at radius 3 is 2.19 bits per heavy atom. The second-order valence-electron chi connectivity index (χ2n) is 4.38. The van der Waals surface area contributed by atoms with Gasteiger partial charge in [0.1, 0.15) is 19.6 Å². The molecule has 0 amide bonds. The zero-order chi connectivity index (χ0) is 12.2. The maximum absolute atomic E-state index is 4.43. The highest BCUT2D eigenvalue weighted by molar-refractivity contribution is 6.87. The normalized spacial score (nSPS) is 11.1. The van der Waals surface area contributed by atoms with Crippen molar-refractivity contribution in [2.75, 3.05) is 0 Å². The number of hydrogen-bond acceptors (Lipinski definition) is 1. The van der Waals surface area contributed by atoms with Crippen LogP contribution in [-0.4, -0.2) is 17.6 Å². The smallest absolute Gasteiger partial charge is 0.138 e. The Hall–Kier alpha value is -1.01. The Morgan fingerprint density at radius 1 is 1.25 bits per heavy atom. The van der Waals surface area contributed by atoms with Gasteiger partial charge in [0.15, 0.2) is 0 Å². The molecule has 0 aliphatic rings. The van der Waals surface area contributed by atoms with Crippen molar-refractivity contribution >= 4 is 8.07 Å². The predicted molar refractivity (Wildman–Crippen MR) is 72.0 cm³/mol. The summed E-state index contributed by atoms with van der Waals surface area (Å²) in [5.41, 5.74) is 4.48. The third-order valence-electron chi connectivity index (χ3n) is 3.59. The van der Waals surface area contributed by atoms with Crippen LogP contribution in [0.25, 0.3) is 0 Å². The van der Waals surface area contributed by atoms with Crippen LogP contribution in [-0.2, 0) is 7.05 Å². The second-order valence-corrected chi connectivity index (χ2v) is 9.31. The summed E-state index contributed by atoms with van der Waals surface area (Å²) >= 11 is 0. The SMILES string of the molecule is CC[Si](C#Cc1cn(C)c(C)n1)(CC)CC. The Bertz CT molecular complexity index is 378. The highest BCUT2D eigenvalue weighted by Crippen LogP contribution is 2.18. The zero-order valence-electron chi connectivity index (χ0n) is 11.1. The number of rotatable bonds is 3. The van der Waals surface area contributed by atoms with Crippen LogP contribution in [0.1, 0.15) is 32.3 Å². The van der Waals surface area contributed by atoms with E-state index in [0.29, 0.717) is 0 Å². The van der Waals surface area contributed by atoms with E-state index in [9.17, 15) is 0 Å². The molecule has 0 fully saturated rings. The quantitative estimate of drug-likeness (QED) is 0.580. The summed E-state index contributed by atoms with van der Waals surface area (Å²) in [7, 11) is 0.693. The molecule has 0 atom stereocenters. The molecular formula is C13H22N2Si. The van der Waals surface area contributed by atoms with Crippen molar-refractivity contribution in [3.63, 3.8) is 0 Å². The Balaban J connectivity index is 2.95. The lowest BCUT2D eigenvalue weighted by atomic mass is 10.5. The van der Waals surface area contributed by atoms with Gasteiger partial charge in [0.25, 0.3) is 0 Å². The third-order valence-corrected chi connectivity index (χ3v) is 8.31. The van der Waals surface area contributed by atoms with E-state index in [1.54, 1.807) is 0 Å². The minimum absolute atomic E-state index is 0.923. The van der Waals surface area contributed by atoms with Gasteiger partial charge in [-0.3, -0.25) is 0 Å². The maximum Gasteiger partial charge on any atom is 0.138 e. The first-order chi connectivity index (χ1) is 7.56. The lowest BCUT2D eigenvalue weighted by Gasteiger charge is -2.19. The molecule has 0 bridgehead atoms. The molecule has 1 aromatic rings. The van der Waals surface area contributed by atoms with Gasteiger partial charge in [-0.1, -0.05) is 26.7 Å². The molecule has 1 heterocycles. The first kappa shape index (κ1) is 13.1. The molecule has 0 N–H and O–H groups in total. The monoisotopic (exact) mass is 234 g/mol. The van der Waals surface area contributed by atoms with Gasteiger partial charge in [-0.25, -0.2) is 4.98 Å². The number of imidazole rings is 1. The van der Waals surface area contributed by atoms with E-state index in [2.05, 4.69) is 37.2 Å². The molecular weight excluding hydrogens is 212 g/mol. The van der Waals surface area contributed by atoms with Gasteiger partial charge in [-0.15, -0.1) is 5.54 Å². The van der Waals surface area contributed by atoms with Crippen molar-refractivity contribution in [3.8, 4) is 11.5 Å². The van der Waals surface area contributed by atoms with Crippen molar-refractivity contribution in [2.45, 2.75) is 45.8 Å². The highest BCUT2D eigenvalue weighted by Gasteiger charge is 2.24. The fourth-order valence-electron chi connectivity index (χ4n) is 1.83. The van der Waals surface area contributed by atoms with Crippen molar-refractivity contribution in [2.24, 2.45) is 7.05 Å². The number of hydrogen-bond donors (Lipinski definition) is 0. The van der Waals surface area contributed by atoms with Crippen molar-refractivity contribution in [3.05, 3.63) is 17.7 Å². The van der Waals surface area contributed by atoms with Crippen molar-refractivity contribution in [1.29, 1.82) is 0 Å². The molecule has 0 aromatic carbocycles. The zero-order valence-corrected chi connectivity index (χ0v) is 12.1. The van der Waals surface area contributed by atoms with Gasteiger partial charge in [-0.2, -0.15) is 0 Å². The predicted octanol–water partition coefficient (Wildman–Crippen LogP) is 3.13. The summed E-state index contributed by atoms with van der Waals surface area (Å²) in [6.45, 7) is 8.84. The molecule has 0 spiro atoms. The van der Waals surface area contributed by atoms with Crippen LogP contribution in [0.5, 0.6) is 0 Å². The Labute approximate surface area is 100 Å². The molecule has 0 aliphatic carbocycles. The van der Waals surface area contributed by atoms with E-state index in [1.165, 1.54) is 18.1 Å². The summed E-state index contributed by atoms with van der Waals surface area (Å²) in [5.74, 6) is 4.31. The summed E-state index contributed by atoms with van der Waals surface area (Å²) in [5, 5.41) is 0. The summed E-state index contributed by atoms with van der Waals surface area (Å²) < 4.78 is 2.02. The van der Waals surface area contributed by atoms with Gasteiger partial charge in [0.2, 0.25) is 0 Å². The highest BCUT2D eigenvalue weighted by atomic mass is 28.3. The van der Waals surface area contributed by atoms with Crippen LogP contribution in [0.3, 0.4) is 0 Å². The number of nitrogens with zero attached hydrogens (tertiary/aromatic N) is 2. The topological polar surface area (TPSA) is 17.8 Å². The van der Waals surface area contributed by atoms with Crippen LogP contribution >= 0.6 is 0 Å². The largest absolute Gasteiger partial charge is 0.337 e. The first-order valence-electron chi connectivity index (χ1n) is 6.10. The van der Waals surface area contributed by atoms with Crippen molar-refractivity contribution < 1.29 is 0 Å². The fourth-order valence-corrected chi connectivity index (χ4v) is 4.25. The van der Waals surface area contributed by atoms with E-state index < -0.39 is 8.07 Å². The van der Waals surface area contributed by atoms with E-state index in [4.69, 9.17) is 0 Å². The lowest BCUT2D eigenvalue weighted by molar-refractivity contribution is 0.858. The summed E-state index contributed by atoms with van der Waals surface area (Å²) in [6.07, 6.45) is 2.02. The van der Waals surface area contributed by atoms with Crippen LogP contribution in [0.4, 0.5) is 0 Å². The minimum Gasteiger partial charge on any atom is -0.337 e. The first-order valence-corrected chi connectivity index (χ1v) is 8.72. The molecule has 1 rings (SSSR count). The van der Waals surface area contributed by atoms with Gasteiger partial charge in [0.05, 0.1) is 0 Å². The van der Waals surface area contributed by atoms with Crippen LogP contribution in [0, 0.1) is 18.4 Å². The van der Waals surface area contributed by atoms with Gasteiger partial charge in [-0.05, 0) is 25.1 Å². The van der Waals surface area contributed by atoms with Crippen LogP contribution < -0.4 is 0 Å². The molecule has 0 aliphatic heterocycles. The second kappa shape index (κ2) is 5.36. The molecule has 2 nitrogen and oxygen atoms in total. The molecule has 0 saturated heterocycles. The molecule has 1 aromatic heterocycles. The van der Waals surface area contributed by atoms with Crippen LogP contribution in [0.15, 0.2) is 6.20 Å². The molecule has 0 unspecified atom stereocenters. The van der Waals surface area contributed by atoms with Crippen molar-refractivity contribution in [1.82, 2.24) is 9.55 Å². The third kappa shape index (κ3) is 2.76. The standard InChI is InChI=1S/C13H22N2Si/c1-6-16(7-2,8-3)10-9-13-11-15(5)12(4)14-13/h11H,6-8H2,1-5H3. The van der Waals surface area contributed by atoms with Gasteiger partial charge in [0, 0.05) is 13.2 Å². The molecule has 16 heavy (non-hydrogen) atoms. The number of aryl methyl sites for hydroxylation is 2. The van der Waals surface area contributed by atoms with E-state index in [1.807, 2.05) is 24.7 Å². The van der Waals surface area contributed by atoms with Gasteiger partial charge >= 0.3 is 0 Å². The maximum atomic E-state index is 4.43.